The highest BCUT2D eigenvalue weighted by molar-refractivity contribution is 5.64. The highest BCUT2D eigenvalue weighted by atomic mass is 16.5. The molecule has 2 rings (SSSR count). The summed E-state index contributed by atoms with van der Waals surface area (Å²) < 4.78 is 15.7. The van der Waals surface area contributed by atoms with Crippen molar-refractivity contribution in [2.75, 3.05) is 20.3 Å². The second-order valence-corrected chi connectivity index (χ2v) is 4.06. The third kappa shape index (κ3) is 3.30. The topological polar surface area (TPSA) is 83.4 Å². The first-order chi connectivity index (χ1) is 9.24. The van der Waals surface area contributed by atoms with Crippen LogP contribution in [0.3, 0.4) is 0 Å². The van der Waals surface area contributed by atoms with Crippen molar-refractivity contribution < 1.29 is 14.0 Å². The summed E-state index contributed by atoms with van der Waals surface area (Å²) in [6.07, 6.45) is 0. The summed E-state index contributed by atoms with van der Waals surface area (Å²) in [5.41, 5.74) is 7.23. The Morgan fingerprint density at radius 3 is 2.95 bits per heavy atom. The van der Waals surface area contributed by atoms with Crippen LogP contribution in [-0.2, 0) is 11.3 Å². The number of nitrogens with zero attached hydrogens (tertiary/aromatic N) is 2. The Labute approximate surface area is 111 Å². The minimum absolute atomic E-state index is 0.262. The molecule has 0 atom stereocenters. The number of rotatable bonds is 6. The highest BCUT2D eigenvalue weighted by Gasteiger charge is 2.13. The molecule has 0 aliphatic carbocycles. The fraction of sp³-hybridized carbons (Fsp3) is 0.385. The number of ether oxygens (including phenoxy) is 2. The van der Waals surface area contributed by atoms with Gasteiger partial charge in [-0.2, -0.15) is 4.98 Å². The lowest BCUT2D eigenvalue weighted by Crippen LogP contribution is -2.08. The highest BCUT2D eigenvalue weighted by Crippen LogP contribution is 2.28. The zero-order chi connectivity index (χ0) is 13.7. The second kappa shape index (κ2) is 6.31. The van der Waals surface area contributed by atoms with E-state index in [0.717, 1.165) is 16.9 Å². The number of nitrogens with two attached hydrogens (primary N) is 1. The Bertz CT molecular complexity index is 540. The van der Waals surface area contributed by atoms with Gasteiger partial charge in [-0.05, 0) is 24.6 Å². The van der Waals surface area contributed by atoms with Crippen molar-refractivity contribution in [2.24, 2.45) is 5.73 Å². The van der Waals surface area contributed by atoms with Gasteiger partial charge in [0.1, 0.15) is 12.4 Å². The maximum Gasteiger partial charge on any atom is 0.252 e. The van der Waals surface area contributed by atoms with Crippen molar-refractivity contribution >= 4 is 0 Å². The molecule has 0 saturated heterocycles. The summed E-state index contributed by atoms with van der Waals surface area (Å²) in [6, 6.07) is 5.80. The Balaban J connectivity index is 2.18. The fourth-order valence-corrected chi connectivity index (χ4v) is 1.65. The number of benzene rings is 1. The molecule has 2 aromatic rings. The van der Waals surface area contributed by atoms with Gasteiger partial charge in [-0.1, -0.05) is 11.2 Å². The zero-order valence-electron chi connectivity index (χ0n) is 11.0. The largest absolute Gasteiger partial charge is 0.496 e. The van der Waals surface area contributed by atoms with Crippen molar-refractivity contribution in [2.45, 2.75) is 13.5 Å². The molecule has 0 amide bonds. The van der Waals surface area contributed by atoms with Gasteiger partial charge in [-0.25, -0.2) is 0 Å². The molecule has 0 bridgehead atoms. The maximum absolute atomic E-state index is 5.33. The first-order valence-corrected chi connectivity index (χ1v) is 6.00. The van der Waals surface area contributed by atoms with Crippen LogP contribution >= 0.6 is 0 Å². The van der Waals surface area contributed by atoms with Gasteiger partial charge >= 0.3 is 0 Å². The SMILES string of the molecule is COc1cc(C)ccc1-c1noc(COCCN)n1. The van der Waals surface area contributed by atoms with Crippen LogP contribution in [0.1, 0.15) is 11.5 Å². The summed E-state index contributed by atoms with van der Waals surface area (Å²) >= 11 is 0. The average molecular weight is 263 g/mol. The molecular formula is C13H17N3O3. The molecule has 1 aromatic heterocycles. The van der Waals surface area contributed by atoms with E-state index in [1.165, 1.54) is 0 Å². The summed E-state index contributed by atoms with van der Waals surface area (Å²) in [7, 11) is 1.61. The van der Waals surface area contributed by atoms with Crippen LogP contribution in [0.15, 0.2) is 22.7 Å². The number of methoxy groups -OCH3 is 1. The molecule has 6 nitrogen and oxygen atoms in total. The van der Waals surface area contributed by atoms with E-state index in [2.05, 4.69) is 10.1 Å². The predicted octanol–water partition coefficient (Wildman–Crippen LogP) is 1.53. The molecule has 0 radical (unpaired) electrons. The third-order valence-corrected chi connectivity index (χ3v) is 2.55. The Hall–Kier alpha value is -1.92. The van der Waals surface area contributed by atoms with Gasteiger partial charge in [0.2, 0.25) is 5.82 Å². The van der Waals surface area contributed by atoms with Gasteiger partial charge in [0.15, 0.2) is 0 Å². The van der Waals surface area contributed by atoms with Crippen LogP contribution in [0.5, 0.6) is 5.75 Å². The quantitative estimate of drug-likeness (QED) is 0.796. The van der Waals surface area contributed by atoms with Crippen LogP contribution in [0.2, 0.25) is 0 Å². The van der Waals surface area contributed by atoms with E-state index in [9.17, 15) is 0 Å². The Morgan fingerprint density at radius 1 is 1.37 bits per heavy atom. The monoisotopic (exact) mass is 263 g/mol. The molecule has 6 heteroatoms. The van der Waals surface area contributed by atoms with Gasteiger partial charge in [0.25, 0.3) is 5.89 Å². The molecule has 0 aliphatic rings. The van der Waals surface area contributed by atoms with E-state index in [4.69, 9.17) is 19.7 Å². The predicted molar refractivity (Wildman–Crippen MR) is 69.7 cm³/mol. The van der Waals surface area contributed by atoms with Crippen LogP contribution in [0.25, 0.3) is 11.4 Å². The van der Waals surface area contributed by atoms with Crippen LogP contribution in [0, 0.1) is 6.92 Å². The molecule has 0 saturated carbocycles. The van der Waals surface area contributed by atoms with Crippen molar-refractivity contribution in [3.05, 3.63) is 29.7 Å². The Morgan fingerprint density at radius 2 is 2.21 bits per heavy atom. The van der Waals surface area contributed by atoms with Gasteiger partial charge in [0, 0.05) is 6.54 Å². The molecule has 0 fully saturated rings. The Kier molecular flexibility index (Phi) is 4.48. The molecule has 0 unspecified atom stereocenters. The third-order valence-electron chi connectivity index (χ3n) is 2.55. The van der Waals surface area contributed by atoms with Crippen molar-refractivity contribution in [3.8, 4) is 17.1 Å². The van der Waals surface area contributed by atoms with Gasteiger partial charge in [-0.3, -0.25) is 0 Å². The maximum atomic E-state index is 5.33. The van der Waals surface area contributed by atoms with Crippen LogP contribution < -0.4 is 10.5 Å². The number of aromatic nitrogens is 2. The van der Waals surface area contributed by atoms with Crippen molar-refractivity contribution in [3.63, 3.8) is 0 Å². The lowest BCUT2D eigenvalue weighted by molar-refractivity contribution is 0.104. The van der Waals surface area contributed by atoms with Crippen molar-refractivity contribution in [1.82, 2.24) is 10.1 Å². The number of hydrogen-bond acceptors (Lipinski definition) is 6. The summed E-state index contributed by atoms with van der Waals surface area (Å²) in [6.45, 7) is 3.19. The van der Waals surface area contributed by atoms with E-state index in [1.807, 2.05) is 25.1 Å². The molecule has 0 aliphatic heterocycles. The average Bonchev–Trinajstić information content (AvgIpc) is 2.87. The normalized spacial score (nSPS) is 10.7. The fourth-order valence-electron chi connectivity index (χ4n) is 1.65. The lowest BCUT2D eigenvalue weighted by atomic mass is 10.1. The molecule has 1 heterocycles. The molecule has 19 heavy (non-hydrogen) atoms. The first kappa shape index (κ1) is 13.5. The van der Waals surface area contributed by atoms with Crippen molar-refractivity contribution in [1.29, 1.82) is 0 Å². The molecule has 2 N–H and O–H groups in total. The van der Waals surface area contributed by atoms with Crippen LogP contribution in [0.4, 0.5) is 0 Å². The second-order valence-electron chi connectivity index (χ2n) is 4.06. The summed E-state index contributed by atoms with van der Waals surface area (Å²) in [4.78, 5) is 4.27. The standard InChI is InChI=1S/C13H17N3O3/c1-9-3-4-10(11(7-9)17-2)13-15-12(19-16-13)8-18-6-5-14/h3-4,7H,5-6,8,14H2,1-2H3. The molecular weight excluding hydrogens is 246 g/mol. The van der Waals surface area contributed by atoms with Gasteiger partial charge < -0.3 is 19.7 Å². The molecule has 0 spiro atoms. The lowest BCUT2D eigenvalue weighted by Gasteiger charge is -2.05. The number of aryl methyl sites for hydroxylation is 1. The smallest absolute Gasteiger partial charge is 0.252 e. The minimum atomic E-state index is 0.262. The molecule has 1 aromatic carbocycles. The van der Waals surface area contributed by atoms with Gasteiger partial charge in [0.05, 0.1) is 19.3 Å². The van der Waals surface area contributed by atoms with E-state index in [0.29, 0.717) is 24.9 Å². The van der Waals surface area contributed by atoms with E-state index < -0.39 is 0 Å². The first-order valence-electron chi connectivity index (χ1n) is 6.00. The van der Waals surface area contributed by atoms with Gasteiger partial charge in [-0.15, -0.1) is 0 Å². The minimum Gasteiger partial charge on any atom is -0.496 e. The van der Waals surface area contributed by atoms with Crippen LogP contribution in [-0.4, -0.2) is 30.4 Å². The van der Waals surface area contributed by atoms with E-state index in [-0.39, 0.29) is 6.61 Å². The number of hydrogen-bond donors (Lipinski definition) is 1. The van der Waals surface area contributed by atoms with E-state index in [1.54, 1.807) is 7.11 Å². The van der Waals surface area contributed by atoms with E-state index >= 15 is 0 Å². The zero-order valence-corrected chi connectivity index (χ0v) is 11.0. The summed E-state index contributed by atoms with van der Waals surface area (Å²) in [5, 5.41) is 3.93. The summed E-state index contributed by atoms with van der Waals surface area (Å²) in [5.74, 6) is 1.63. The molecule has 102 valence electrons.